The molecular formula is C15H22N2O2. The van der Waals surface area contributed by atoms with Crippen molar-refractivity contribution in [2.45, 2.75) is 37.1 Å². The molecule has 1 saturated carbocycles. The van der Waals surface area contributed by atoms with E-state index in [9.17, 15) is 4.79 Å². The van der Waals surface area contributed by atoms with Gasteiger partial charge in [-0.25, -0.2) is 0 Å². The molecule has 0 bridgehead atoms. The van der Waals surface area contributed by atoms with Crippen LogP contribution in [-0.4, -0.2) is 30.7 Å². The van der Waals surface area contributed by atoms with Gasteiger partial charge in [-0.3, -0.25) is 4.79 Å². The number of anilines is 1. The van der Waals surface area contributed by atoms with Crippen molar-refractivity contribution in [3.63, 3.8) is 0 Å². The van der Waals surface area contributed by atoms with E-state index in [4.69, 9.17) is 10.8 Å². The lowest BCUT2D eigenvalue weighted by Crippen LogP contribution is -2.50. The molecule has 0 heterocycles. The first-order chi connectivity index (χ1) is 8.92. The Labute approximate surface area is 114 Å². The van der Waals surface area contributed by atoms with Gasteiger partial charge >= 0.3 is 5.97 Å². The van der Waals surface area contributed by atoms with Crippen LogP contribution in [0.4, 0.5) is 5.69 Å². The SMILES string of the molecule is CN(C)c1ccc(C2CCC(N)(C(=O)O)CC2)cc1. The van der Waals surface area contributed by atoms with E-state index in [1.165, 1.54) is 11.3 Å². The zero-order chi connectivity index (χ0) is 14.0. The molecule has 4 nitrogen and oxygen atoms in total. The Kier molecular flexibility index (Phi) is 3.80. The second kappa shape index (κ2) is 5.21. The molecule has 2 rings (SSSR count). The van der Waals surface area contributed by atoms with Crippen molar-refractivity contribution >= 4 is 11.7 Å². The summed E-state index contributed by atoms with van der Waals surface area (Å²) in [6, 6.07) is 8.50. The summed E-state index contributed by atoms with van der Waals surface area (Å²) in [7, 11) is 4.04. The lowest BCUT2D eigenvalue weighted by molar-refractivity contribution is -0.144. The number of hydrogen-bond acceptors (Lipinski definition) is 3. The Morgan fingerprint density at radius 2 is 1.79 bits per heavy atom. The minimum Gasteiger partial charge on any atom is -0.480 e. The van der Waals surface area contributed by atoms with Crippen molar-refractivity contribution in [3.8, 4) is 0 Å². The maximum absolute atomic E-state index is 11.1. The third kappa shape index (κ3) is 2.89. The Bertz CT molecular complexity index is 446. The van der Waals surface area contributed by atoms with Gasteiger partial charge in [0.15, 0.2) is 0 Å². The van der Waals surface area contributed by atoms with Crippen molar-refractivity contribution in [3.05, 3.63) is 29.8 Å². The van der Waals surface area contributed by atoms with Crippen LogP contribution in [0.2, 0.25) is 0 Å². The molecule has 0 saturated heterocycles. The summed E-state index contributed by atoms with van der Waals surface area (Å²) in [5, 5.41) is 9.12. The van der Waals surface area contributed by atoms with Crippen LogP contribution >= 0.6 is 0 Å². The van der Waals surface area contributed by atoms with Crippen molar-refractivity contribution in [1.29, 1.82) is 0 Å². The van der Waals surface area contributed by atoms with Crippen molar-refractivity contribution in [2.75, 3.05) is 19.0 Å². The lowest BCUT2D eigenvalue weighted by atomic mass is 9.75. The molecule has 104 valence electrons. The highest BCUT2D eigenvalue weighted by molar-refractivity contribution is 5.78. The Hall–Kier alpha value is -1.55. The molecule has 0 amide bonds. The van der Waals surface area contributed by atoms with Crippen LogP contribution in [-0.2, 0) is 4.79 Å². The van der Waals surface area contributed by atoms with Gasteiger partial charge in [0.05, 0.1) is 0 Å². The minimum absolute atomic E-state index is 0.437. The van der Waals surface area contributed by atoms with E-state index < -0.39 is 11.5 Å². The predicted octanol–water partition coefficient (Wildman–Crippen LogP) is 2.19. The van der Waals surface area contributed by atoms with Crippen LogP contribution < -0.4 is 10.6 Å². The molecule has 0 radical (unpaired) electrons. The number of carboxylic acids is 1. The quantitative estimate of drug-likeness (QED) is 0.876. The van der Waals surface area contributed by atoms with Gasteiger partial charge in [0, 0.05) is 19.8 Å². The molecule has 1 fully saturated rings. The van der Waals surface area contributed by atoms with Crippen molar-refractivity contribution < 1.29 is 9.90 Å². The summed E-state index contributed by atoms with van der Waals surface area (Å²) in [6.07, 6.45) is 2.82. The highest BCUT2D eigenvalue weighted by atomic mass is 16.4. The third-order valence-electron chi connectivity index (χ3n) is 4.18. The predicted molar refractivity (Wildman–Crippen MR) is 76.5 cm³/mol. The smallest absolute Gasteiger partial charge is 0.323 e. The lowest BCUT2D eigenvalue weighted by Gasteiger charge is -2.34. The van der Waals surface area contributed by atoms with E-state index in [1.807, 2.05) is 14.1 Å². The van der Waals surface area contributed by atoms with Crippen LogP contribution in [0.5, 0.6) is 0 Å². The number of benzene rings is 1. The number of hydrogen-bond donors (Lipinski definition) is 2. The van der Waals surface area contributed by atoms with Crippen LogP contribution in [0.1, 0.15) is 37.2 Å². The summed E-state index contributed by atoms with van der Waals surface area (Å²) >= 11 is 0. The molecule has 0 aromatic heterocycles. The normalized spacial score (nSPS) is 27.0. The number of carboxylic acid groups (broad SMARTS) is 1. The van der Waals surface area contributed by atoms with Gasteiger partial charge < -0.3 is 15.7 Å². The Morgan fingerprint density at radius 1 is 1.26 bits per heavy atom. The first-order valence-corrected chi connectivity index (χ1v) is 6.72. The number of aliphatic carboxylic acids is 1. The van der Waals surface area contributed by atoms with E-state index in [2.05, 4.69) is 29.2 Å². The van der Waals surface area contributed by atoms with Crippen molar-refractivity contribution in [2.24, 2.45) is 5.73 Å². The standard InChI is InChI=1S/C15H22N2O2/c1-17(2)13-5-3-11(4-6-13)12-7-9-15(16,10-8-12)14(18)19/h3-6,12H,7-10,16H2,1-2H3,(H,18,19). The monoisotopic (exact) mass is 262 g/mol. The van der Waals surface area contributed by atoms with Crippen LogP contribution in [0, 0.1) is 0 Å². The first-order valence-electron chi connectivity index (χ1n) is 6.72. The van der Waals surface area contributed by atoms with Gasteiger partial charge in [-0.15, -0.1) is 0 Å². The molecule has 1 aliphatic carbocycles. The zero-order valence-corrected chi connectivity index (χ0v) is 11.6. The summed E-state index contributed by atoms with van der Waals surface area (Å²) in [4.78, 5) is 13.2. The topological polar surface area (TPSA) is 66.6 Å². The number of rotatable bonds is 3. The summed E-state index contributed by atoms with van der Waals surface area (Å²) in [5.74, 6) is -0.429. The molecule has 0 atom stereocenters. The summed E-state index contributed by atoms with van der Waals surface area (Å²) in [5.41, 5.74) is 7.35. The van der Waals surface area contributed by atoms with Gasteiger partial charge in [0.2, 0.25) is 0 Å². The second-order valence-electron chi connectivity index (χ2n) is 5.72. The minimum atomic E-state index is -1.01. The third-order valence-corrected chi connectivity index (χ3v) is 4.18. The van der Waals surface area contributed by atoms with Crippen LogP contribution in [0.15, 0.2) is 24.3 Å². The van der Waals surface area contributed by atoms with Crippen LogP contribution in [0.25, 0.3) is 0 Å². The first kappa shape index (κ1) is 13.9. The fourth-order valence-corrected chi connectivity index (χ4v) is 2.72. The van der Waals surface area contributed by atoms with Gasteiger partial charge in [-0.2, -0.15) is 0 Å². The molecule has 4 heteroatoms. The van der Waals surface area contributed by atoms with Crippen molar-refractivity contribution in [1.82, 2.24) is 0 Å². The van der Waals surface area contributed by atoms with E-state index in [-0.39, 0.29) is 0 Å². The van der Waals surface area contributed by atoms with E-state index in [1.54, 1.807) is 0 Å². The molecule has 1 aromatic rings. The fraction of sp³-hybridized carbons (Fsp3) is 0.533. The highest BCUT2D eigenvalue weighted by Crippen LogP contribution is 2.37. The van der Waals surface area contributed by atoms with E-state index in [0.717, 1.165) is 12.8 Å². The number of carbonyl (C=O) groups is 1. The molecule has 3 N–H and O–H groups in total. The van der Waals surface area contributed by atoms with Gasteiger partial charge in [0.1, 0.15) is 5.54 Å². The van der Waals surface area contributed by atoms with Gasteiger partial charge in [0.25, 0.3) is 0 Å². The molecule has 1 aliphatic rings. The average molecular weight is 262 g/mol. The largest absolute Gasteiger partial charge is 0.480 e. The Morgan fingerprint density at radius 3 is 2.21 bits per heavy atom. The van der Waals surface area contributed by atoms with E-state index in [0.29, 0.717) is 18.8 Å². The molecular weight excluding hydrogens is 240 g/mol. The molecule has 0 unspecified atom stereocenters. The summed E-state index contributed by atoms with van der Waals surface area (Å²) < 4.78 is 0. The number of nitrogens with two attached hydrogens (primary N) is 1. The van der Waals surface area contributed by atoms with Gasteiger partial charge in [-0.1, -0.05) is 12.1 Å². The number of nitrogens with zero attached hydrogens (tertiary/aromatic N) is 1. The van der Waals surface area contributed by atoms with E-state index >= 15 is 0 Å². The molecule has 0 aliphatic heterocycles. The zero-order valence-electron chi connectivity index (χ0n) is 11.6. The molecule has 1 aromatic carbocycles. The second-order valence-corrected chi connectivity index (χ2v) is 5.72. The maximum Gasteiger partial charge on any atom is 0.323 e. The van der Waals surface area contributed by atoms with Gasteiger partial charge in [-0.05, 0) is 49.3 Å². The fourth-order valence-electron chi connectivity index (χ4n) is 2.72. The summed E-state index contributed by atoms with van der Waals surface area (Å²) in [6.45, 7) is 0. The maximum atomic E-state index is 11.1. The van der Waals surface area contributed by atoms with Crippen LogP contribution in [0.3, 0.4) is 0 Å². The molecule has 0 spiro atoms. The molecule has 19 heavy (non-hydrogen) atoms. The highest BCUT2D eigenvalue weighted by Gasteiger charge is 2.38. The Balaban J connectivity index is 2.03. The average Bonchev–Trinajstić information content (AvgIpc) is 2.39.